The number of carbonyl (C=O) groups excluding carboxylic acids is 1. The summed E-state index contributed by atoms with van der Waals surface area (Å²) in [6, 6.07) is 18.6. The molecule has 1 aliphatic heterocycles. The van der Waals surface area contributed by atoms with Crippen LogP contribution in [0.5, 0.6) is 0 Å². The van der Waals surface area contributed by atoms with Crippen molar-refractivity contribution in [2.45, 2.75) is 50.2 Å². The van der Waals surface area contributed by atoms with Crippen LogP contribution in [0.3, 0.4) is 0 Å². The first-order valence-electron chi connectivity index (χ1n) is 9.89. The first kappa shape index (κ1) is 18.9. The van der Waals surface area contributed by atoms with Gasteiger partial charge in [-0.25, -0.2) is 9.97 Å². The van der Waals surface area contributed by atoms with Gasteiger partial charge in [-0.15, -0.1) is 0 Å². The Balaban J connectivity index is 1.62. The molecule has 0 N–H and O–H groups in total. The van der Waals surface area contributed by atoms with Crippen molar-refractivity contribution in [2.75, 3.05) is 5.75 Å². The highest BCUT2D eigenvalue weighted by Gasteiger charge is 2.28. The molecular weight excluding hydrogens is 366 g/mol. The van der Waals surface area contributed by atoms with Crippen molar-refractivity contribution < 1.29 is 4.79 Å². The molecular formula is C23H25N3OS. The summed E-state index contributed by atoms with van der Waals surface area (Å²) in [4.78, 5) is 24.5. The number of hydrogen-bond donors (Lipinski definition) is 0. The first-order chi connectivity index (χ1) is 13.6. The van der Waals surface area contributed by atoms with E-state index in [1.54, 1.807) is 0 Å². The Morgan fingerprint density at radius 3 is 2.43 bits per heavy atom. The van der Waals surface area contributed by atoms with E-state index in [4.69, 9.17) is 9.97 Å². The first-order valence-corrected chi connectivity index (χ1v) is 10.9. The minimum atomic E-state index is 0.202. The quantitative estimate of drug-likeness (QED) is 0.454. The molecule has 0 spiro atoms. The lowest BCUT2D eigenvalue weighted by Gasteiger charge is -2.39. The molecule has 1 aliphatic rings. The van der Waals surface area contributed by atoms with E-state index in [2.05, 4.69) is 18.7 Å². The smallest absolute Gasteiger partial charge is 0.233 e. The summed E-state index contributed by atoms with van der Waals surface area (Å²) in [6.45, 7) is 4.32. The van der Waals surface area contributed by atoms with Crippen molar-refractivity contribution in [3.63, 3.8) is 0 Å². The van der Waals surface area contributed by atoms with Gasteiger partial charge in [0.25, 0.3) is 0 Å². The van der Waals surface area contributed by atoms with Gasteiger partial charge in [0.15, 0.2) is 5.82 Å². The maximum Gasteiger partial charge on any atom is 0.233 e. The molecule has 5 heteroatoms. The highest BCUT2D eigenvalue weighted by Crippen LogP contribution is 2.30. The second-order valence-corrected chi connectivity index (χ2v) is 8.42. The van der Waals surface area contributed by atoms with Crippen LogP contribution >= 0.6 is 11.8 Å². The topological polar surface area (TPSA) is 46.1 Å². The van der Waals surface area contributed by atoms with Gasteiger partial charge in [-0.2, -0.15) is 0 Å². The molecule has 0 radical (unpaired) electrons. The summed E-state index contributed by atoms with van der Waals surface area (Å²) >= 11 is 1.52. The highest BCUT2D eigenvalue weighted by atomic mass is 32.2. The molecule has 28 heavy (non-hydrogen) atoms. The average molecular weight is 392 g/mol. The van der Waals surface area contributed by atoms with Gasteiger partial charge in [-0.1, -0.05) is 60.3 Å². The fraction of sp³-hybridized carbons (Fsp3) is 0.348. The van der Waals surface area contributed by atoms with E-state index < -0.39 is 0 Å². The molecule has 4 rings (SSSR count). The SMILES string of the molecule is CC1CCCC(C)N1C(=O)CSc1nc(-c2ccccc2)nc2ccccc12. The standard InChI is InChI=1S/C23H25N3OS/c1-16-9-8-10-17(2)26(16)21(27)15-28-23-19-13-6-7-14-20(19)24-22(25-23)18-11-4-3-5-12-18/h3-7,11-14,16-17H,8-10,15H2,1-2H3. The van der Waals surface area contributed by atoms with Gasteiger partial charge in [0, 0.05) is 23.0 Å². The number of fused-ring (bicyclic) bond motifs is 1. The zero-order valence-corrected chi connectivity index (χ0v) is 17.2. The van der Waals surface area contributed by atoms with Gasteiger partial charge < -0.3 is 4.90 Å². The molecule has 2 unspecified atom stereocenters. The Kier molecular flexibility index (Phi) is 5.62. The van der Waals surface area contributed by atoms with Gasteiger partial charge in [0.05, 0.1) is 11.3 Å². The fourth-order valence-corrected chi connectivity index (χ4v) is 4.88. The average Bonchev–Trinajstić information content (AvgIpc) is 2.72. The van der Waals surface area contributed by atoms with Crippen LogP contribution in [0.15, 0.2) is 59.6 Å². The van der Waals surface area contributed by atoms with E-state index >= 15 is 0 Å². The predicted octanol–water partition coefficient (Wildman–Crippen LogP) is 5.18. The van der Waals surface area contributed by atoms with E-state index in [-0.39, 0.29) is 5.91 Å². The van der Waals surface area contributed by atoms with Crippen molar-refractivity contribution in [2.24, 2.45) is 0 Å². The Labute approximate surface area is 170 Å². The zero-order valence-electron chi connectivity index (χ0n) is 16.3. The van der Waals surface area contributed by atoms with Crippen LogP contribution in [0.4, 0.5) is 0 Å². The molecule has 2 heterocycles. The maximum absolute atomic E-state index is 12.9. The van der Waals surface area contributed by atoms with E-state index in [1.165, 1.54) is 18.2 Å². The van der Waals surface area contributed by atoms with Crippen molar-refractivity contribution in [1.29, 1.82) is 0 Å². The number of thioether (sulfide) groups is 1. The molecule has 1 saturated heterocycles. The number of nitrogens with zero attached hydrogens (tertiary/aromatic N) is 3. The summed E-state index contributed by atoms with van der Waals surface area (Å²) < 4.78 is 0. The third-order valence-electron chi connectivity index (χ3n) is 5.41. The number of carbonyl (C=O) groups is 1. The molecule has 0 aliphatic carbocycles. The summed E-state index contributed by atoms with van der Waals surface area (Å²) in [5.74, 6) is 1.31. The number of piperidine rings is 1. The molecule has 0 bridgehead atoms. The lowest BCUT2D eigenvalue weighted by molar-refractivity contribution is -0.134. The van der Waals surface area contributed by atoms with Gasteiger partial charge in [-0.3, -0.25) is 4.79 Å². The largest absolute Gasteiger partial charge is 0.337 e. The van der Waals surface area contributed by atoms with Crippen LogP contribution in [0.2, 0.25) is 0 Å². The molecule has 1 amide bonds. The van der Waals surface area contributed by atoms with Crippen molar-refractivity contribution in [3.8, 4) is 11.4 Å². The molecule has 1 fully saturated rings. The Morgan fingerprint density at radius 2 is 1.68 bits per heavy atom. The van der Waals surface area contributed by atoms with E-state index in [1.807, 2.05) is 54.6 Å². The normalized spacial score (nSPS) is 19.7. The lowest BCUT2D eigenvalue weighted by Crippen LogP contribution is -2.48. The van der Waals surface area contributed by atoms with E-state index in [0.29, 0.717) is 23.7 Å². The number of hydrogen-bond acceptors (Lipinski definition) is 4. The number of benzene rings is 2. The summed E-state index contributed by atoms with van der Waals surface area (Å²) in [6.07, 6.45) is 3.39. The Hall–Kier alpha value is -2.40. The van der Waals surface area contributed by atoms with Crippen LogP contribution in [0.1, 0.15) is 33.1 Å². The molecule has 1 aromatic heterocycles. The lowest BCUT2D eigenvalue weighted by atomic mass is 9.98. The number of para-hydroxylation sites is 1. The van der Waals surface area contributed by atoms with E-state index in [9.17, 15) is 4.79 Å². The minimum absolute atomic E-state index is 0.202. The van der Waals surface area contributed by atoms with Gasteiger partial charge in [-0.05, 0) is 39.2 Å². The second-order valence-electron chi connectivity index (χ2n) is 7.45. The minimum Gasteiger partial charge on any atom is -0.337 e. The molecule has 4 nitrogen and oxygen atoms in total. The molecule has 2 aromatic carbocycles. The third kappa shape index (κ3) is 3.90. The molecule has 2 atom stereocenters. The summed E-state index contributed by atoms with van der Waals surface area (Å²) in [5, 5.41) is 1.87. The van der Waals surface area contributed by atoms with E-state index in [0.717, 1.165) is 34.3 Å². The molecule has 144 valence electrons. The highest BCUT2D eigenvalue weighted by molar-refractivity contribution is 8.00. The monoisotopic (exact) mass is 391 g/mol. The van der Waals surface area contributed by atoms with Crippen LogP contribution in [0.25, 0.3) is 22.3 Å². The van der Waals surface area contributed by atoms with Crippen LogP contribution in [0, 0.1) is 0 Å². The van der Waals surface area contributed by atoms with Crippen molar-refractivity contribution >= 4 is 28.6 Å². The van der Waals surface area contributed by atoms with Crippen LogP contribution in [-0.4, -0.2) is 38.6 Å². The van der Waals surface area contributed by atoms with Gasteiger partial charge >= 0.3 is 0 Å². The second kappa shape index (κ2) is 8.31. The number of aromatic nitrogens is 2. The third-order valence-corrected chi connectivity index (χ3v) is 6.39. The van der Waals surface area contributed by atoms with Crippen molar-refractivity contribution in [3.05, 3.63) is 54.6 Å². The van der Waals surface area contributed by atoms with Crippen molar-refractivity contribution in [1.82, 2.24) is 14.9 Å². The van der Waals surface area contributed by atoms with Gasteiger partial charge in [0.2, 0.25) is 5.91 Å². The number of rotatable bonds is 4. The zero-order chi connectivity index (χ0) is 19.5. The molecule has 3 aromatic rings. The predicted molar refractivity (Wildman–Crippen MR) is 115 cm³/mol. The summed E-state index contributed by atoms with van der Waals surface area (Å²) in [5.41, 5.74) is 1.89. The maximum atomic E-state index is 12.9. The number of amides is 1. The summed E-state index contributed by atoms with van der Waals surface area (Å²) in [7, 11) is 0. The Morgan fingerprint density at radius 1 is 1.00 bits per heavy atom. The fourth-order valence-electron chi connectivity index (χ4n) is 3.99. The Bertz CT molecular complexity index is 966. The van der Waals surface area contributed by atoms with Gasteiger partial charge in [0.1, 0.15) is 5.03 Å². The number of likely N-dealkylation sites (tertiary alicyclic amines) is 1. The van der Waals surface area contributed by atoms with Crippen LogP contribution in [-0.2, 0) is 4.79 Å². The van der Waals surface area contributed by atoms with Crippen LogP contribution < -0.4 is 0 Å². The molecule has 0 saturated carbocycles.